The van der Waals surface area contributed by atoms with Crippen LogP contribution in [-0.4, -0.2) is 30.8 Å². The summed E-state index contributed by atoms with van der Waals surface area (Å²) in [6.07, 6.45) is 2.86. The van der Waals surface area contributed by atoms with E-state index in [0.717, 1.165) is 11.3 Å². The summed E-state index contributed by atoms with van der Waals surface area (Å²) >= 11 is 1.64. The van der Waals surface area contributed by atoms with E-state index < -0.39 is 6.04 Å². The third-order valence-electron chi connectivity index (χ3n) is 2.64. The number of thioether (sulfide) groups is 1. The molecule has 0 aromatic heterocycles. The van der Waals surface area contributed by atoms with E-state index in [1.807, 2.05) is 37.4 Å². The van der Waals surface area contributed by atoms with Crippen LogP contribution in [0.3, 0.4) is 0 Å². The minimum Gasteiger partial charge on any atom is -0.354 e. The van der Waals surface area contributed by atoms with Crippen LogP contribution in [0.15, 0.2) is 29.2 Å². The van der Waals surface area contributed by atoms with Crippen molar-refractivity contribution in [3.63, 3.8) is 0 Å². The van der Waals surface area contributed by atoms with Crippen molar-refractivity contribution in [1.29, 1.82) is 0 Å². The highest BCUT2D eigenvalue weighted by molar-refractivity contribution is 7.98. The highest BCUT2D eigenvalue weighted by Crippen LogP contribution is 2.17. The van der Waals surface area contributed by atoms with E-state index in [4.69, 9.17) is 0 Å². The molecule has 3 N–H and O–H groups in total. The summed E-state index contributed by atoms with van der Waals surface area (Å²) < 4.78 is 0. The quantitative estimate of drug-likeness (QED) is 0.706. The number of carbonyl (C=O) groups excluding carboxylic acids is 2. The fourth-order valence-corrected chi connectivity index (χ4v) is 1.91. The average Bonchev–Trinajstić information content (AvgIpc) is 2.45. The van der Waals surface area contributed by atoms with Crippen LogP contribution in [0.1, 0.15) is 20.3 Å². The molecular weight excluding hydrogens is 274 g/mol. The molecule has 0 bridgehead atoms. The Morgan fingerprint density at radius 2 is 1.90 bits per heavy atom. The maximum Gasteiger partial charge on any atom is 0.319 e. The van der Waals surface area contributed by atoms with E-state index in [0.29, 0.717) is 12.2 Å². The second kappa shape index (κ2) is 8.47. The first-order valence-electron chi connectivity index (χ1n) is 6.56. The van der Waals surface area contributed by atoms with Crippen LogP contribution < -0.4 is 16.0 Å². The fourth-order valence-electron chi connectivity index (χ4n) is 1.51. The summed E-state index contributed by atoms with van der Waals surface area (Å²) in [6.45, 7) is 4.24. The van der Waals surface area contributed by atoms with Gasteiger partial charge in [0.1, 0.15) is 6.04 Å². The van der Waals surface area contributed by atoms with Crippen LogP contribution >= 0.6 is 11.8 Å². The van der Waals surface area contributed by atoms with E-state index in [2.05, 4.69) is 16.0 Å². The zero-order valence-electron chi connectivity index (χ0n) is 12.0. The van der Waals surface area contributed by atoms with Gasteiger partial charge in [0.2, 0.25) is 5.91 Å². The first kappa shape index (κ1) is 16.4. The van der Waals surface area contributed by atoms with Gasteiger partial charge in [-0.3, -0.25) is 4.79 Å². The van der Waals surface area contributed by atoms with Crippen LogP contribution in [0.5, 0.6) is 0 Å². The molecule has 0 radical (unpaired) electrons. The van der Waals surface area contributed by atoms with E-state index in [9.17, 15) is 9.59 Å². The lowest BCUT2D eigenvalue weighted by Crippen LogP contribution is -2.46. The Labute approximate surface area is 123 Å². The van der Waals surface area contributed by atoms with Crippen molar-refractivity contribution in [3.05, 3.63) is 24.3 Å². The third-order valence-corrected chi connectivity index (χ3v) is 3.38. The van der Waals surface area contributed by atoms with E-state index >= 15 is 0 Å². The molecule has 0 heterocycles. The molecule has 3 amide bonds. The second-order valence-electron chi connectivity index (χ2n) is 4.34. The van der Waals surface area contributed by atoms with Gasteiger partial charge < -0.3 is 16.0 Å². The number of hydrogen-bond acceptors (Lipinski definition) is 3. The van der Waals surface area contributed by atoms with Crippen LogP contribution in [0, 0.1) is 0 Å². The van der Waals surface area contributed by atoms with E-state index in [-0.39, 0.29) is 11.9 Å². The van der Waals surface area contributed by atoms with Gasteiger partial charge in [0.15, 0.2) is 0 Å². The largest absolute Gasteiger partial charge is 0.354 e. The summed E-state index contributed by atoms with van der Waals surface area (Å²) in [5.74, 6) is -0.181. The molecule has 0 aliphatic rings. The van der Waals surface area contributed by atoms with Crippen molar-refractivity contribution >= 4 is 29.4 Å². The average molecular weight is 295 g/mol. The molecule has 20 heavy (non-hydrogen) atoms. The molecule has 0 saturated heterocycles. The van der Waals surface area contributed by atoms with Crippen LogP contribution in [-0.2, 0) is 4.79 Å². The van der Waals surface area contributed by atoms with Gasteiger partial charge in [-0.2, -0.15) is 0 Å². The topological polar surface area (TPSA) is 70.2 Å². The molecular formula is C14H21N3O2S. The van der Waals surface area contributed by atoms with Gasteiger partial charge >= 0.3 is 6.03 Å². The number of amides is 3. The Kier molecular flexibility index (Phi) is 6.93. The maximum atomic E-state index is 11.7. The maximum absolute atomic E-state index is 11.7. The standard InChI is InChI=1S/C14H21N3O2S/c1-4-9-15-13(18)10(2)16-14(19)17-11-5-7-12(20-3)8-6-11/h5-8,10H,4,9H2,1-3H3,(H,15,18)(H2,16,17,19)/t10-/m1/s1. The number of anilines is 1. The third kappa shape index (κ3) is 5.52. The Morgan fingerprint density at radius 1 is 1.25 bits per heavy atom. The fraction of sp³-hybridized carbons (Fsp3) is 0.429. The van der Waals surface area contributed by atoms with E-state index in [1.54, 1.807) is 18.7 Å². The summed E-state index contributed by atoms with van der Waals surface area (Å²) in [4.78, 5) is 24.5. The molecule has 0 unspecified atom stereocenters. The molecule has 1 aromatic carbocycles. The first-order chi connectivity index (χ1) is 9.56. The summed E-state index contributed by atoms with van der Waals surface area (Å²) in [6, 6.07) is 6.56. The highest BCUT2D eigenvalue weighted by atomic mass is 32.2. The molecule has 1 atom stereocenters. The van der Waals surface area contributed by atoms with Gasteiger partial charge in [0, 0.05) is 17.1 Å². The number of carbonyl (C=O) groups is 2. The van der Waals surface area contributed by atoms with Crippen molar-refractivity contribution in [1.82, 2.24) is 10.6 Å². The summed E-state index contributed by atoms with van der Waals surface area (Å²) in [5, 5.41) is 8.03. The molecule has 110 valence electrons. The number of benzene rings is 1. The minimum absolute atomic E-state index is 0.181. The zero-order valence-corrected chi connectivity index (χ0v) is 12.8. The van der Waals surface area contributed by atoms with Gasteiger partial charge in [-0.05, 0) is 43.9 Å². The van der Waals surface area contributed by atoms with Crippen molar-refractivity contribution in [2.24, 2.45) is 0 Å². The normalized spacial score (nSPS) is 11.6. The molecule has 0 aliphatic carbocycles. The smallest absolute Gasteiger partial charge is 0.319 e. The predicted molar refractivity (Wildman–Crippen MR) is 83.1 cm³/mol. The predicted octanol–water partition coefficient (Wildman–Crippen LogP) is 2.44. The lowest BCUT2D eigenvalue weighted by molar-refractivity contribution is -0.122. The molecule has 5 nitrogen and oxygen atoms in total. The molecule has 1 aromatic rings. The Morgan fingerprint density at radius 3 is 2.45 bits per heavy atom. The molecule has 6 heteroatoms. The van der Waals surface area contributed by atoms with Gasteiger partial charge in [-0.15, -0.1) is 11.8 Å². The molecule has 0 spiro atoms. The Bertz CT molecular complexity index is 448. The molecule has 0 saturated carbocycles. The molecule has 1 rings (SSSR count). The zero-order chi connectivity index (χ0) is 15.0. The number of nitrogens with one attached hydrogen (secondary N) is 3. The Balaban J connectivity index is 2.44. The van der Waals surface area contributed by atoms with E-state index in [1.165, 1.54) is 0 Å². The van der Waals surface area contributed by atoms with Crippen molar-refractivity contribution in [3.8, 4) is 0 Å². The van der Waals surface area contributed by atoms with Crippen LogP contribution in [0.2, 0.25) is 0 Å². The minimum atomic E-state index is -0.563. The lowest BCUT2D eigenvalue weighted by Gasteiger charge is -2.14. The van der Waals surface area contributed by atoms with Crippen molar-refractivity contribution in [2.75, 3.05) is 18.1 Å². The van der Waals surface area contributed by atoms with Gasteiger partial charge in [-0.1, -0.05) is 6.92 Å². The molecule has 0 aliphatic heterocycles. The number of rotatable bonds is 6. The highest BCUT2D eigenvalue weighted by Gasteiger charge is 2.14. The van der Waals surface area contributed by atoms with Gasteiger partial charge in [0.25, 0.3) is 0 Å². The SMILES string of the molecule is CCCNC(=O)[C@@H](C)NC(=O)Nc1ccc(SC)cc1. The first-order valence-corrected chi connectivity index (χ1v) is 7.78. The lowest BCUT2D eigenvalue weighted by atomic mass is 10.3. The monoisotopic (exact) mass is 295 g/mol. The van der Waals surface area contributed by atoms with Gasteiger partial charge in [-0.25, -0.2) is 4.79 Å². The molecule has 0 fully saturated rings. The second-order valence-corrected chi connectivity index (χ2v) is 5.22. The van der Waals surface area contributed by atoms with Crippen LogP contribution in [0.4, 0.5) is 10.5 Å². The van der Waals surface area contributed by atoms with Crippen molar-refractivity contribution < 1.29 is 9.59 Å². The summed E-state index contributed by atoms with van der Waals surface area (Å²) in [5.41, 5.74) is 0.696. The number of hydrogen-bond donors (Lipinski definition) is 3. The summed E-state index contributed by atoms with van der Waals surface area (Å²) in [7, 11) is 0. The number of urea groups is 1. The Hall–Kier alpha value is -1.69. The van der Waals surface area contributed by atoms with Crippen molar-refractivity contribution in [2.45, 2.75) is 31.2 Å². The van der Waals surface area contributed by atoms with Crippen LogP contribution in [0.25, 0.3) is 0 Å². The van der Waals surface area contributed by atoms with Gasteiger partial charge in [0.05, 0.1) is 0 Å².